The van der Waals surface area contributed by atoms with Gasteiger partial charge in [-0.25, -0.2) is 0 Å². The van der Waals surface area contributed by atoms with Gasteiger partial charge in [-0.05, 0) is 60.7 Å². The molecule has 2 aromatic carbocycles. The molecule has 2 aliphatic rings. The molecule has 31 heavy (non-hydrogen) atoms. The second-order valence-corrected chi connectivity index (χ2v) is 8.75. The summed E-state index contributed by atoms with van der Waals surface area (Å²) in [6.07, 6.45) is 5.18. The molecule has 158 valence electrons. The first-order chi connectivity index (χ1) is 15.1. The predicted octanol–water partition coefficient (Wildman–Crippen LogP) is 5.68. The standard InChI is InChI=1S/C24H22N2O4S/c27-22(16-6-8-17(9-7-16)25-23(28)21-5-4-14-31-21)26-18-10-11-19-20(15-18)30-24(29-19)12-2-1-3-13-24/h4-11,14-15H,1-3,12-13H2,(H,25,28)(H,26,27). The minimum Gasteiger partial charge on any atom is -0.448 e. The van der Waals surface area contributed by atoms with Crippen molar-refractivity contribution in [2.75, 3.05) is 10.6 Å². The van der Waals surface area contributed by atoms with Gasteiger partial charge in [-0.15, -0.1) is 11.3 Å². The number of ether oxygens (including phenoxy) is 2. The summed E-state index contributed by atoms with van der Waals surface area (Å²) in [6, 6.07) is 15.9. The number of fused-ring (bicyclic) bond motifs is 1. The Kier molecular flexibility index (Phi) is 5.11. The Morgan fingerprint density at radius 2 is 1.52 bits per heavy atom. The van der Waals surface area contributed by atoms with Gasteiger partial charge in [0.25, 0.3) is 17.6 Å². The van der Waals surface area contributed by atoms with Crippen molar-refractivity contribution in [1.29, 1.82) is 0 Å². The molecule has 0 radical (unpaired) electrons. The number of carbonyl (C=O) groups is 2. The van der Waals surface area contributed by atoms with Crippen molar-refractivity contribution >= 4 is 34.5 Å². The van der Waals surface area contributed by atoms with E-state index in [4.69, 9.17) is 9.47 Å². The number of anilines is 2. The third-order valence-electron chi connectivity index (χ3n) is 5.56. The smallest absolute Gasteiger partial charge is 0.265 e. The summed E-state index contributed by atoms with van der Waals surface area (Å²) in [4.78, 5) is 25.4. The number of hydrogen-bond acceptors (Lipinski definition) is 5. The number of hydrogen-bond donors (Lipinski definition) is 2. The Morgan fingerprint density at radius 3 is 2.26 bits per heavy atom. The van der Waals surface area contributed by atoms with Crippen LogP contribution in [0.25, 0.3) is 0 Å². The summed E-state index contributed by atoms with van der Waals surface area (Å²) in [5.74, 6) is 0.467. The Morgan fingerprint density at radius 1 is 0.806 bits per heavy atom. The molecule has 6 nitrogen and oxygen atoms in total. The monoisotopic (exact) mass is 434 g/mol. The summed E-state index contributed by atoms with van der Waals surface area (Å²) in [6.45, 7) is 0. The number of thiophene rings is 1. The lowest BCUT2D eigenvalue weighted by atomic mass is 9.94. The normalized spacial score (nSPS) is 16.1. The Bertz CT molecular complexity index is 1100. The maximum absolute atomic E-state index is 12.7. The summed E-state index contributed by atoms with van der Waals surface area (Å²) < 4.78 is 12.2. The molecule has 5 rings (SSSR count). The summed E-state index contributed by atoms with van der Waals surface area (Å²) in [5.41, 5.74) is 1.78. The Hall–Kier alpha value is -3.32. The van der Waals surface area contributed by atoms with Crippen LogP contribution in [0.3, 0.4) is 0 Å². The Labute approximate surface area is 184 Å². The van der Waals surface area contributed by atoms with E-state index >= 15 is 0 Å². The zero-order valence-corrected chi connectivity index (χ0v) is 17.7. The third-order valence-corrected chi connectivity index (χ3v) is 6.43. The van der Waals surface area contributed by atoms with E-state index in [1.54, 1.807) is 30.3 Å². The van der Waals surface area contributed by atoms with Crippen molar-refractivity contribution in [3.05, 3.63) is 70.4 Å². The summed E-state index contributed by atoms with van der Waals surface area (Å²) in [7, 11) is 0. The lowest BCUT2D eigenvalue weighted by Crippen LogP contribution is -2.40. The molecule has 3 aromatic rings. The number of nitrogens with one attached hydrogen (secondary N) is 2. The van der Waals surface area contributed by atoms with E-state index < -0.39 is 5.79 Å². The van der Waals surface area contributed by atoms with Gasteiger partial charge in [-0.2, -0.15) is 0 Å². The van der Waals surface area contributed by atoms with Crippen LogP contribution in [0.1, 0.15) is 52.1 Å². The van der Waals surface area contributed by atoms with E-state index in [9.17, 15) is 9.59 Å². The topological polar surface area (TPSA) is 76.7 Å². The first-order valence-corrected chi connectivity index (χ1v) is 11.3. The summed E-state index contributed by atoms with van der Waals surface area (Å²) in [5, 5.41) is 7.58. The van der Waals surface area contributed by atoms with Crippen LogP contribution in [0.4, 0.5) is 11.4 Å². The van der Waals surface area contributed by atoms with Gasteiger partial charge in [-0.1, -0.05) is 12.5 Å². The van der Waals surface area contributed by atoms with Gasteiger partial charge in [-0.3, -0.25) is 9.59 Å². The first-order valence-electron chi connectivity index (χ1n) is 10.4. The second-order valence-electron chi connectivity index (χ2n) is 7.80. The van der Waals surface area contributed by atoms with Gasteiger partial charge in [0, 0.05) is 35.8 Å². The van der Waals surface area contributed by atoms with Crippen molar-refractivity contribution < 1.29 is 19.1 Å². The molecule has 1 fully saturated rings. The van der Waals surface area contributed by atoms with E-state index in [1.807, 2.05) is 29.6 Å². The molecule has 1 aliphatic heterocycles. The minimum absolute atomic E-state index is 0.164. The van der Waals surface area contributed by atoms with Crippen LogP contribution >= 0.6 is 11.3 Å². The van der Waals surface area contributed by atoms with Crippen molar-refractivity contribution in [3.8, 4) is 11.5 Å². The molecule has 7 heteroatoms. The van der Waals surface area contributed by atoms with Gasteiger partial charge in [0.2, 0.25) is 0 Å². The quantitative estimate of drug-likeness (QED) is 0.553. The van der Waals surface area contributed by atoms with Crippen LogP contribution in [0.5, 0.6) is 11.5 Å². The Balaban J connectivity index is 1.23. The minimum atomic E-state index is -0.535. The predicted molar refractivity (Wildman–Crippen MR) is 120 cm³/mol. The fourth-order valence-corrected chi connectivity index (χ4v) is 4.59. The van der Waals surface area contributed by atoms with Crippen molar-refractivity contribution in [1.82, 2.24) is 0 Å². The SMILES string of the molecule is O=C(Nc1ccc2c(c1)OC1(CCCCC1)O2)c1ccc(NC(=O)c2cccs2)cc1. The van der Waals surface area contributed by atoms with Crippen LogP contribution in [0.2, 0.25) is 0 Å². The maximum atomic E-state index is 12.7. The molecule has 1 aromatic heterocycles. The lowest BCUT2D eigenvalue weighted by Gasteiger charge is -2.31. The molecule has 2 N–H and O–H groups in total. The van der Waals surface area contributed by atoms with Crippen LogP contribution in [-0.4, -0.2) is 17.6 Å². The van der Waals surface area contributed by atoms with E-state index in [-0.39, 0.29) is 11.8 Å². The molecule has 0 unspecified atom stereocenters. The van der Waals surface area contributed by atoms with Gasteiger partial charge in [0.15, 0.2) is 11.5 Å². The largest absolute Gasteiger partial charge is 0.448 e. The highest BCUT2D eigenvalue weighted by Gasteiger charge is 2.42. The molecule has 2 heterocycles. The number of amides is 2. The van der Waals surface area contributed by atoms with Gasteiger partial charge in [0.05, 0.1) is 4.88 Å². The molecule has 0 atom stereocenters. The number of rotatable bonds is 4. The van der Waals surface area contributed by atoms with Gasteiger partial charge >= 0.3 is 0 Å². The second kappa shape index (κ2) is 8.07. The highest BCUT2D eigenvalue weighted by molar-refractivity contribution is 7.12. The van der Waals surface area contributed by atoms with Gasteiger partial charge < -0.3 is 20.1 Å². The van der Waals surface area contributed by atoms with Crippen molar-refractivity contribution in [2.24, 2.45) is 0 Å². The third kappa shape index (κ3) is 4.14. The highest BCUT2D eigenvalue weighted by atomic mass is 32.1. The number of carbonyl (C=O) groups excluding carboxylic acids is 2. The van der Waals surface area contributed by atoms with E-state index in [2.05, 4.69) is 10.6 Å². The maximum Gasteiger partial charge on any atom is 0.265 e. The lowest BCUT2D eigenvalue weighted by molar-refractivity contribution is -0.105. The fraction of sp³-hybridized carbons (Fsp3) is 0.250. The van der Waals surface area contributed by atoms with Crippen molar-refractivity contribution in [3.63, 3.8) is 0 Å². The zero-order valence-electron chi connectivity index (χ0n) is 16.9. The molecular weight excluding hydrogens is 412 g/mol. The molecular formula is C24H22N2O4S. The average Bonchev–Trinajstić information content (AvgIpc) is 3.42. The fourth-order valence-electron chi connectivity index (χ4n) is 3.97. The zero-order chi connectivity index (χ0) is 21.3. The van der Waals surface area contributed by atoms with Crippen LogP contribution in [0.15, 0.2) is 60.0 Å². The van der Waals surface area contributed by atoms with Crippen LogP contribution in [-0.2, 0) is 0 Å². The van der Waals surface area contributed by atoms with Gasteiger partial charge in [0.1, 0.15) is 0 Å². The first kappa shape index (κ1) is 19.6. The van der Waals surface area contributed by atoms with E-state index in [1.165, 1.54) is 17.8 Å². The van der Waals surface area contributed by atoms with Crippen molar-refractivity contribution in [2.45, 2.75) is 37.9 Å². The summed E-state index contributed by atoms with van der Waals surface area (Å²) >= 11 is 1.38. The molecule has 1 spiro atoms. The van der Waals surface area contributed by atoms with Crippen LogP contribution < -0.4 is 20.1 Å². The highest BCUT2D eigenvalue weighted by Crippen LogP contribution is 2.46. The number of benzene rings is 2. The van der Waals surface area contributed by atoms with E-state index in [0.29, 0.717) is 27.6 Å². The molecule has 1 saturated carbocycles. The van der Waals surface area contributed by atoms with E-state index in [0.717, 1.165) is 31.4 Å². The molecule has 0 bridgehead atoms. The molecule has 2 amide bonds. The molecule has 1 aliphatic carbocycles. The molecule has 0 saturated heterocycles. The van der Waals surface area contributed by atoms with Crippen LogP contribution in [0, 0.1) is 0 Å². The average molecular weight is 435 g/mol.